The number of methoxy groups -OCH3 is 1. The van der Waals surface area contributed by atoms with Crippen LogP contribution in [0.2, 0.25) is 0 Å². The Labute approximate surface area is 181 Å². The van der Waals surface area contributed by atoms with Crippen LogP contribution in [0.15, 0.2) is 52.9 Å². The maximum Gasteiger partial charge on any atom is 0.269 e. The Morgan fingerprint density at radius 3 is 2.58 bits per heavy atom. The van der Waals surface area contributed by atoms with Gasteiger partial charge in [0.1, 0.15) is 11.3 Å². The number of aryl methyl sites for hydroxylation is 1. The van der Waals surface area contributed by atoms with Gasteiger partial charge in [0.2, 0.25) is 5.91 Å². The van der Waals surface area contributed by atoms with Crippen molar-refractivity contribution in [1.29, 1.82) is 0 Å². The number of carbonyl (C=O) groups is 2. The number of furan rings is 1. The number of amides is 2. The van der Waals surface area contributed by atoms with Gasteiger partial charge in [-0.2, -0.15) is 0 Å². The number of rotatable bonds is 9. The van der Waals surface area contributed by atoms with Crippen molar-refractivity contribution < 1.29 is 23.5 Å². The van der Waals surface area contributed by atoms with Gasteiger partial charge in [-0.3, -0.25) is 20.4 Å². The first-order valence-electron chi connectivity index (χ1n) is 10.3. The zero-order valence-corrected chi connectivity index (χ0v) is 18.1. The van der Waals surface area contributed by atoms with E-state index in [0.29, 0.717) is 36.0 Å². The number of fused-ring (bicyclic) bond motifs is 1. The molecule has 7 heteroatoms. The van der Waals surface area contributed by atoms with Gasteiger partial charge >= 0.3 is 0 Å². The molecular formula is C24H28N2O5. The number of ether oxygens (including phenoxy) is 2. The lowest BCUT2D eigenvalue weighted by molar-refractivity contribution is -0.121. The van der Waals surface area contributed by atoms with Gasteiger partial charge in [-0.1, -0.05) is 32.0 Å². The minimum atomic E-state index is -0.441. The van der Waals surface area contributed by atoms with Crippen molar-refractivity contribution in [1.82, 2.24) is 10.9 Å². The lowest BCUT2D eigenvalue weighted by Gasteiger charge is -2.13. The summed E-state index contributed by atoms with van der Waals surface area (Å²) in [6.07, 6.45) is 1.55. The second kappa shape index (κ2) is 10.5. The van der Waals surface area contributed by atoms with Gasteiger partial charge in [-0.15, -0.1) is 0 Å². The largest absolute Gasteiger partial charge is 0.493 e. The molecule has 31 heavy (non-hydrogen) atoms. The highest BCUT2D eigenvalue weighted by atomic mass is 16.5. The molecule has 164 valence electrons. The molecule has 0 atom stereocenters. The minimum absolute atomic E-state index is 0.187. The van der Waals surface area contributed by atoms with Crippen molar-refractivity contribution in [3.63, 3.8) is 0 Å². The summed E-state index contributed by atoms with van der Waals surface area (Å²) in [6, 6.07) is 14.5. The second-order valence-corrected chi connectivity index (χ2v) is 7.65. The van der Waals surface area contributed by atoms with Crippen LogP contribution in [0.25, 0.3) is 11.0 Å². The van der Waals surface area contributed by atoms with E-state index < -0.39 is 5.91 Å². The molecule has 0 bridgehead atoms. The molecule has 0 saturated heterocycles. The summed E-state index contributed by atoms with van der Waals surface area (Å²) in [5, 5.41) is 0.997. The number of hydrazine groups is 1. The summed E-state index contributed by atoms with van der Waals surface area (Å²) < 4.78 is 16.8. The standard InChI is InChI=1S/C24H28N2O5/c1-16(2)12-13-30-21-10-8-18(15-22(21)29-3)24(28)26-25-23(27)11-9-19-14-17-6-4-5-7-20(17)31-19/h4-8,10,14-16H,9,11-13H2,1-3H3,(H,25,27)(H,26,28). The first-order valence-corrected chi connectivity index (χ1v) is 10.3. The molecule has 0 aliphatic heterocycles. The van der Waals surface area contributed by atoms with Crippen LogP contribution in [0.4, 0.5) is 0 Å². The molecule has 2 aromatic carbocycles. The minimum Gasteiger partial charge on any atom is -0.493 e. The highest BCUT2D eigenvalue weighted by Crippen LogP contribution is 2.28. The number of carbonyl (C=O) groups excluding carboxylic acids is 2. The number of benzene rings is 2. The molecule has 0 fully saturated rings. The average molecular weight is 424 g/mol. The zero-order chi connectivity index (χ0) is 22.2. The predicted octanol–water partition coefficient (Wildman–Crippen LogP) is 4.26. The van der Waals surface area contributed by atoms with Crippen LogP contribution in [0.3, 0.4) is 0 Å². The Balaban J connectivity index is 1.49. The van der Waals surface area contributed by atoms with Gasteiger partial charge in [0.25, 0.3) is 5.91 Å². The first kappa shape index (κ1) is 22.2. The summed E-state index contributed by atoms with van der Waals surface area (Å²) >= 11 is 0. The lowest BCUT2D eigenvalue weighted by Crippen LogP contribution is -2.41. The van der Waals surface area contributed by atoms with Gasteiger partial charge in [0, 0.05) is 23.8 Å². The molecule has 3 rings (SSSR count). The van der Waals surface area contributed by atoms with Gasteiger partial charge < -0.3 is 13.9 Å². The Hall–Kier alpha value is -3.48. The van der Waals surface area contributed by atoms with E-state index in [1.165, 1.54) is 7.11 Å². The lowest BCUT2D eigenvalue weighted by atomic mass is 10.1. The molecule has 0 aliphatic rings. The van der Waals surface area contributed by atoms with Crippen LogP contribution in [-0.2, 0) is 11.2 Å². The number of nitrogens with one attached hydrogen (secondary N) is 2. The van der Waals surface area contributed by atoms with Gasteiger partial charge in [-0.05, 0) is 42.7 Å². The normalized spacial score (nSPS) is 10.8. The van der Waals surface area contributed by atoms with E-state index in [9.17, 15) is 9.59 Å². The van der Waals surface area contributed by atoms with Gasteiger partial charge in [0.05, 0.1) is 13.7 Å². The molecule has 0 spiro atoms. The van der Waals surface area contributed by atoms with Crippen molar-refractivity contribution in [2.24, 2.45) is 5.92 Å². The van der Waals surface area contributed by atoms with Crippen molar-refractivity contribution in [2.75, 3.05) is 13.7 Å². The zero-order valence-electron chi connectivity index (χ0n) is 18.1. The van der Waals surface area contributed by atoms with Crippen molar-refractivity contribution in [3.05, 3.63) is 59.9 Å². The van der Waals surface area contributed by atoms with Crippen LogP contribution in [0.5, 0.6) is 11.5 Å². The monoisotopic (exact) mass is 424 g/mol. The summed E-state index contributed by atoms with van der Waals surface area (Å²) in [5.74, 6) is 1.55. The first-order chi connectivity index (χ1) is 15.0. The Morgan fingerprint density at radius 2 is 1.84 bits per heavy atom. The van der Waals surface area contributed by atoms with E-state index in [1.54, 1.807) is 18.2 Å². The Bertz CT molecular complexity index is 1010. The number of hydrogen-bond acceptors (Lipinski definition) is 5. The smallest absolute Gasteiger partial charge is 0.269 e. The van der Waals surface area contributed by atoms with E-state index in [2.05, 4.69) is 24.7 Å². The molecular weight excluding hydrogens is 396 g/mol. The molecule has 0 saturated carbocycles. The highest BCUT2D eigenvalue weighted by molar-refractivity contribution is 5.96. The van der Waals surface area contributed by atoms with E-state index in [4.69, 9.17) is 13.9 Å². The highest BCUT2D eigenvalue weighted by Gasteiger charge is 2.13. The SMILES string of the molecule is COc1cc(C(=O)NNC(=O)CCc2cc3ccccc3o2)ccc1OCCC(C)C. The average Bonchev–Trinajstić information content (AvgIpc) is 3.19. The van der Waals surface area contributed by atoms with E-state index in [1.807, 2.05) is 30.3 Å². The fourth-order valence-electron chi connectivity index (χ4n) is 2.99. The van der Waals surface area contributed by atoms with Crippen molar-refractivity contribution in [2.45, 2.75) is 33.1 Å². The van der Waals surface area contributed by atoms with Crippen LogP contribution in [0, 0.1) is 5.92 Å². The maximum absolute atomic E-state index is 12.4. The number of para-hydroxylation sites is 1. The van der Waals surface area contributed by atoms with Crippen molar-refractivity contribution in [3.8, 4) is 11.5 Å². The van der Waals surface area contributed by atoms with Crippen LogP contribution in [0.1, 0.15) is 42.8 Å². The predicted molar refractivity (Wildman–Crippen MR) is 118 cm³/mol. The fraction of sp³-hybridized carbons (Fsp3) is 0.333. The summed E-state index contributed by atoms with van der Waals surface area (Å²) in [5.41, 5.74) is 6.00. The van der Waals surface area contributed by atoms with Crippen molar-refractivity contribution >= 4 is 22.8 Å². The molecule has 3 aromatic rings. The molecule has 1 aromatic heterocycles. The summed E-state index contributed by atoms with van der Waals surface area (Å²) in [7, 11) is 1.52. The molecule has 7 nitrogen and oxygen atoms in total. The topological polar surface area (TPSA) is 89.8 Å². The Kier molecular flexibility index (Phi) is 7.54. The third-order valence-corrected chi connectivity index (χ3v) is 4.77. The number of hydrogen-bond donors (Lipinski definition) is 2. The van der Waals surface area contributed by atoms with Crippen LogP contribution in [-0.4, -0.2) is 25.5 Å². The van der Waals surface area contributed by atoms with Crippen LogP contribution < -0.4 is 20.3 Å². The van der Waals surface area contributed by atoms with E-state index in [-0.39, 0.29) is 12.3 Å². The molecule has 0 aliphatic carbocycles. The van der Waals surface area contributed by atoms with E-state index in [0.717, 1.165) is 23.2 Å². The third kappa shape index (κ3) is 6.25. The molecule has 1 heterocycles. The summed E-state index contributed by atoms with van der Waals surface area (Å²) in [4.78, 5) is 24.5. The van der Waals surface area contributed by atoms with E-state index >= 15 is 0 Å². The van der Waals surface area contributed by atoms with Gasteiger partial charge in [0.15, 0.2) is 11.5 Å². The molecule has 0 radical (unpaired) electrons. The summed E-state index contributed by atoms with van der Waals surface area (Å²) in [6.45, 7) is 4.82. The Morgan fingerprint density at radius 1 is 1.03 bits per heavy atom. The molecule has 2 amide bonds. The maximum atomic E-state index is 12.4. The molecule has 0 unspecified atom stereocenters. The third-order valence-electron chi connectivity index (χ3n) is 4.77. The fourth-order valence-corrected chi connectivity index (χ4v) is 2.99. The van der Waals surface area contributed by atoms with Gasteiger partial charge in [-0.25, -0.2) is 0 Å². The molecule has 2 N–H and O–H groups in total. The van der Waals surface area contributed by atoms with Crippen LogP contribution >= 0.6 is 0 Å². The quantitative estimate of drug-likeness (QED) is 0.501. The second-order valence-electron chi connectivity index (χ2n) is 7.65.